The molecule has 0 saturated heterocycles. The number of aryl methyl sites for hydroxylation is 1. The fourth-order valence-corrected chi connectivity index (χ4v) is 2.01. The van der Waals surface area contributed by atoms with E-state index in [0.29, 0.717) is 0 Å². The van der Waals surface area contributed by atoms with Crippen LogP contribution >= 0.6 is 0 Å². The predicted octanol–water partition coefficient (Wildman–Crippen LogP) is 4.36. The van der Waals surface area contributed by atoms with Gasteiger partial charge in [0, 0.05) is 16.7 Å². The van der Waals surface area contributed by atoms with Crippen LogP contribution in [0.1, 0.15) is 32.0 Å². The maximum atomic E-state index is 5.30. The normalized spacial score (nSPS) is 11.4. The van der Waals surface area contributed by atoms with E-state index in [2.05, 4.69) is 52.0 Å². The molecule has 2 nitrogen and oxygen atoms in total. The average Bonchev–Trinajstić information content (AvgIpc) is 2.38. The largest absolute Gasteiger partial charge is 0.497 e. The van der Waals surface area contributed by atoms with Crippen molar-refractivity contribution in [1.29, 1.82) is 0 Å². The Labute approximate surface area is 115 Å². The molecule has 0 spiro atoms. The first-order chi connectivity index (χ1) is 8.91. The number of nitrogens with zero attached hydrogens (tertiary/aromatic N) is 1. The molecule has 0 radical (unpaired) electrons. The highest BCUT2D eigenvalue weighted by Gasteiger charge is 2.16. The molecule has 100 valence electrons. The number of hydrogen-bond acceptors (Lipinski definition) is 2. The van der Waals surface area contributed by atoms with E-state index in [9.17, 15) is 0 Å². The van der Waals surface area contributed by atoms with Crippen molar-refractivity contribution < 1.29 is 4.74 Å². The highest BCUT2D eigenvalue weighted by molar-refractivity contribution is 5.65. The minimum absolute atomic E-state index is 0.0583. The first-order valence-corrected chi connectivity index (χ1v) is 6.54. The van der Waals surface area contributed by atoms with Crippen LogP contribution in [0.2, 0.25) is 0 Å². The van der Waals surface area contributed by atoms with E-state index in [1.165, 1.54) is 5.56 Å². The van der Waals surface area contributed by atoms with Crippen molar-refractivity contribution in [3.05, 3.63) is 47.7 Å². The molecule has 0 fully saturated rings. The molecule has 0 unspecified atom stereocenters. The molecule has 1 aromatic heterocycles. The quantitative estimate of drug-likeness (QED) is 0.795. The van der Waals surface area contributed by atoms with Gasteiger partial charge in [-0.25, -0.2) is 0 Å². The van der Waals surface area contributed by atoms with Gasteiger partial charge in [-0.1, -0.05) is 32.9 Å². The molecule has 0 atom stereocenters. The summed E-state index contributed by atoms with van der Waals surface area (Å²) in [4.78, 5) is 4.79. The molecular weight excluding hydrogens is 234 g/mol. The topological polar surface area (TPSA) is 22.1 Å². The number of pyridine rings is 1. The van der Waals surface area contributed by atoms with E-state index in [4.69, 9.17) is 9.72 Å². The van der Waals surface area contributed by atoms with Crippen LogP contribution in [0.3, 0.4) is 0 Å². The van der Waals surface area contributed by atoms with E-state index < -0.39 is 0 Å². The van der Waals surface area contributed by atoms with Crippen LogP contribution in [-0.2, 0) is 5.41 Å². The SMILES string of the molecule is COc1ccc(C)c(-c2cccc(C(C)(C)C)n2)c1. The zero-order chi connectivity index (χ0) is 14.0. The summed E-state index contributed by atoms with van der Waals surface area (Å²) in [5.74, 6) is 0.864. The average molecular weight is 255 g/mol. The van der Waals surface area contributed by atoms with Crippen molar-refractivity contribution in [2.24, 2.45) is 0 Å². The first-order valence-electron chi connectivity index (χ1n) is 6.54. The summed E-state index contributed by atoms with van der Waals surface area (Å²) in [6.45, 7) is 8.63. The number of methoxy groups -OCH3 is 1. The van der Waals surface area contributed by atoms with Crippen molar-refractivity contribution in [2.45, 2.75) is 33.1 Å². The molecule has 19 heavy (non-hydrogen) atoms. The Morgan fingerprint density at radius 1 is 1.05 bits per heavy atom. The fraction of sp³-hybridized carbons (Fsp3) is 0.353. The van der Waals surface area contributed by atoms with Gasteiger partial charge < -0.3 is 4.74 Å². The summed E-state index contributed by atoms with van der Waals surface area (Å²) >= 11 is 0. The Bertz CT molecular complexity index is 582. The predicted molar refractivity (Wildman–Crippen MR) is 79.7 cm³/mol. The third kappa shape index (κ3) is 2.95. The van der Waals surface area contributed by atoms with E-state index in [1.54, 1.807) is 7.11 Å². The second-order valence-corrected chi connectivity index (χ2v) is 5.84. The minimum Gasteiger partial charge on any atom is -0.497 e. The molecule has 1 heterocycles. The Balaban J connectivity index is 2.53. The number of aromatic nitrogens is 1. The van der Waals surface area contributed by atoms with Crippen molar-refractivity contribution in [2.75, 3.05) is 7.11 Å². The first kappa shape index (κ1) is 13.6. The number of benzene rings is 1. The lowest BCUT2D eigenvalue weighted by Crippen LogP contribution is -2.13. The van der Waals surface area contributed by atoms with Gasteiger partial charge in [0.15, 0.2) is 0 Å². The highest BCUT2D eigenvalue weighted by atomic mass is 16.5. The van der Waals surface area contributed by atoms with Gasteiger partial charge in [0.05, 0.1) is 12.8 Å². The smallest absolute Gasteiger partial charge is 0.119 e. The van der Waals surface area contributed by atoms with E-state index in [1.807, 2.05) is 12.1 Å². The van der Waals surface area contributed by atoms with Crippen molar-refractivity contribution >= 4 is 0 Å². The van der Waals surface area contributed by atoms with Gasteiger partial charge in [-0.2, -0.15) is 0 Å². The molecule has 0 bridgehead atoms. The van der Waals surface area contributed by atoms with Crippen LogP contribution in [0.5, 0.6) is 5.75 Å². The Hall–Kier alpha value is -1.83. The second-order valence-electron chi connectivity index (χ2n) is 5.84. The van der Waals surface area contributed by atoms with E-state index >= 15 is 0 Å². The summed E-state index contributed by atoms with van der Waals surface area (Å²) < 4.78 is 5.30. The molecule has 0 saturated carbocycles. The Morgan fingerprint density at radius 3 is 2.42 bits per heavy atom. The second kappa shape index (κ2) is 5.04. The van der Waals surface area contributed by atoms with Gasteiger partial charge >= 0.3 is 0 Å². The number of rotatable bonds is 2. The van der Waals surface area contributed by atoms with Crippen molar-refractivity contribution in [1.82, 2.24) is 4.98 Å². The van der Waals surface area contributed by atoms with Crippen LogP contribution in [0, 0.1) is 6.92 Å². The van der Waals surface area contributed by atoms with Gasteiger partial charge in [0.2, 0.25) is 0 Å². The molecule has 1 aromatic carbocycles. The maximum Gasteiger partial charge on any atom is 0.119 e. The summed E-state index contributed by atoms with van der Waals surface area (Å²) in [5, 5.41) is 0. The lowest BCUT2D eigenvalue weighted by Gasteiger charge is -2.19. The van der Waals surface area contributed by atoms with Crippen LogP contribution in [-0.4, -0.2) is 12.1 Å². The van der Waals surface area contributed by atoms with Gasteiger partial charge in [0.25, 0.3) is 0 Å². The third-order valence-electron chi connectivity index (χ3n) is 3.24. The van der Waals surface area contributed by atoms with Gasteiger partial charge in [-0.3, -0.25) is 4.98 Å². The molecule has 0 aliphatic rings. The van der Waals surface area contributed by atoms with E-state index in [0.717, 1.165) is 22.7 Å². The molecule has 0 aliphatic carbocycles. The molecule has 0 amide bonds. The monoisotopic (exact) mass is 255 g/mol. The summed E-state index contributed by atoms with van der Waals surface area (Å²) in [6.07, 6.45) is 0. The number of hydrogen-bond donors (Lipinski definition) is 0. The molecule has 0 N–H and O–H groups in total. The maximum absolute atomic E-state index is 5.30. The lowest BCUT2D eigenvalue weighted by atomic mass is 9.91. The standard InChI is InChI=1S/C17H21NO/c1-12-9-10-13(19-5)11-14(12)15-7-6-8-16(18-15)17(2,3)4/h6-11H,1-5H3. The minimum atomic E-state index is 0.0583. The summed E-state index contributed by atoms with van der Waals surface area (Å²) in [5.41, 5.74) is 4.50. The molecule has 2 heteroatoms. The van der Waals surface area contributed by atoms with E-state index in [-0.39, 0.29) is 5.41 Å². The molecule has 2 rings (SSSR count). The molecule has 2 aromatic rings. The summed E-state index contributed by atoms with van der Waals surface area (Å²) in [6, 6.07) is 12.3. The lowest BCUT2D eigenvalue weighted by molar-refractivity contribution is 0.415. The zero-order valence-corrected chi connectivity index (χ0v) is 12.3. The third-order valence-corrected chi connectivity index (χ3v) is 3.24. The molecular formula is C17H21NO. The van der Waals surface area contributed by atoms with Crippen LogP contribution in [0.4, 0.5) is 0 Å². The van der Waals surface area contributed by atoms with Crippen LogP contribution in [0.15, 0.2) is 36.4 Å². The van der Waals surface area contributed by atoms with Crippen molar-refractivity contribution in [3.8, 4) is 17.0 Å². The summed E-state index contributed by atoms with van der Waals surface area (Å²) in [7, 11) is 1.69. The highest BCUT2D eigenvalue weighted by Crippen LogP contribution is 2.28. The van der Waals surface area contributed by atoms with Gasteiger partial charge in [0.1, 0.15) is 5.75 Å². The zero-order valence-electron chi connectivity index (χ0n) is 12.3. The Kier molecular flexibility index (Phi) is 3.61. The van der Waals surface area contributed by atoms with Gasteiger partial charge in [-0.15, -0.1) is 0 Å². The molecule has 0 aliphatic heterocycles. The van der Waals surface area contributed by atoms with Gasteiger partial charge in [-0.05, 0) is 36.8 Å². The number of ether oxygens (including phenoxy) is 1. The van der Waals surface area contributed by atoms with Crippen molar-refractivity contribution in [3.63, 3.8) is 0 Å². The van der Waals surface area contributed by atoms with Crippen LogP contribution < -0.4 is 4.74 Å². The fourth-order valence-electron chi connectivity index (χ4n) is 2.01. The van der Waals surface area contributed by atoms with Crippen LogP contribution in [0.25, 0.3) is 11.3 Å². The Morgan fingerprint density at radius 2 is 1.79 bits per heavy atom.